The van der Waals surface area contributed by atoms with Crippen LogP contribution in [0.4, 0.5) is 0 Å². The number of carbonyl (C=O) groups excluding carboxylic acids is 2. The maximum Gasteiger partial charge on any atom is 0.255 e. The van der Waals surface area contributed by atoms with Crippen molar-refractivity contribution in [1.82, 2.24) is 9.80 Å². The summed E-state index contributed by atoms with van der Waals surface area (Å²) in [4.78, 5) is 29.6. The molecule has 0 bridgehead atoms. The van der Waals surface area contributed by atoms with E-state index in [0.29, 0.717) is 5.56 Å². The highest BCUT2D eigenvalue weighted by molar-refractivity contribution is 5.98. The van der Waals surface area contributed by atoms with Gasteiger partial charge in [0.05, 0.1) is 6.04 Å². The maximum absolute atomic E-state index is 13.1. The summed E-state index contributed by atoms with van der Waals surface area (Å²) < 4.78 is 0. The molecule has 1 aliphatic heterocycles. The second-order valence-electron chi connectivity index (χ2n) is 7.93. The van der Waals surface area contributed by atoms with E-state index in [2.05, 4.69) is 20.8 Å². The van der Waals surface area contributed by atoms with Crippen LogP contribution in [0.1, 0.15) is 49.7 Å². The minimum Gasteiger partial charge on any atom is -0.313 e. The number of hydrogen-bond acceptors (Lipinski definition) is 2. The quantitative estimate of drug-likeness (QED) is 0.836. The molecule has 0 aliphatic carbocycles. The molecule has 26 heavy (non-hydrogen) atoms. The first-order valence-corrected chi connectivity index (χ1v) is 9.03. The van der Waals surface area contributed by atoms with Crippen molar-refractivity contribution >= 4 is 11.8 Å². The van der Waals surface area contributed by atoms with Crippen LogP contribution in [0.15, 0.2) is 60.7 Å². The van der Waals surface area contributed by atoms with Gasteiger partial charge in [0.1, 0.15) is 12.7 Å². The van der Waals surface area contributed by atoms with Crippen LogP contribution in [-0.2, 0) is 4.79 Å². The van der Waals surface area contributed by atoms with E-state index in [0.717, 1.165) is 5.56 Å². The number of amides is 2. The van der Waals surface area contributed by atoms with E-state index < -0.39 is 0 Å². The molecule has 2 atom stereocenters. The molecule has 1 heterocycles. The lowest BCUT2D eigenvalue weighted by atomic mass is 9.89. The normalized spacial score (nSPS) is 18.9. The Morgan fingerprint density at radius 3 is 2.08 bits per heavy atom. The average Bonchev–Trinajstić information content (AvgIpc) is 2.99. The van der Waals surface area contributed by atoms with Crippen molar-refractivity contribution in [2.24, 2.45) is 5.41 Å². The Labute approximate surface area is 155 Å². The molecule has 0 unspecified atom stereocenters. The van der Waals surface area contributed by atoms with Crippen LogP contribution in [0.5, 0.6) is 0 Å². The highest BCUT2D eigenvalue weighted by Gasteiger charge is 2.48. The van der Waals surface area contributed by atoms with Crippen molar-refractivity contribution in [1.29, 1.82) is 0 Å². The zero-order valence-corrected chi connectivity index (χ0v) is 15.8. The molecule has 0 saturated carbocycles. The third-order valence-electron chi connectivity index (χ3n) is 4.91. The van der Waals surface area contributed by atoms with Gasteiger partial charge in [0.15, 0.2) is 0 Å². The maximum atomic E-state index is 13.1. The largest absolute Gasteiger partial charge is 0.313 e. The van der Waals surface area contributed by atoms with Gasteiger partial charge in [-0.25, -0.2) is 0 Å². The number of carbonyl (C=O) groups is 2. The van der Waals surface area contributed by atoms with Gasteiger partial charge in [0.2, 0.25) is 5.91 Å². The third kappa shape index (κ3) is 3.36. The van der Waals surface area contributed by atoms with Crippen LogP contribution in [0.2, 0.25) is 0 Å². The molecule has 2 aromatic rings. The van der Waals surface area contributed by atoms with E-state index in [1.54, 1.807) is 17.0 Å². The molecule has 0 aromatic heterocycles. The van der Waals surface area contributed by atoms with E-state index in [4.69, 9.17) is 0 Å². The Bertz CT molecular complexity index is 781. The highest BCUT2D eigenvalue weighted by atomic mass is 16.2. The molecule has 3 rings (SSSR count). The Kier molecular flexibility index (Phi) is 4.86. The lowest BCUT2D eigenvalue weighted by Crippen LogP contribution is -2.51. The first-order chi connectivity index (χ1) is 12.3. The minimum absolute atomic E-state index is 0.00874. The molecule has 1 aliphatic rings. The van der Waals surface area contributed by atoms with Gasteiger partial charge in [-0.15, -0.1) is 0 Å². The molecule has 0 N–H and O–H groups in total. The predicted molar refractivity (Wildman–Crippen MR) is 102 cm³/mol. The van der Waals surface area contributed by atoms with Crippen molar-refractivity contribution in [3.05, 3.63) is 71.8 Å². The molecule has 2 aromatic carbocycles. The fourth-order valence-corrected chi connectivity index (χ4v) is 3.73. The molecule has 1 saturated heterocycles. The van der Waals surface area contributed by atoms with Gasteiger partial charge in [-0.05, 0) is 24.6 Å². The summed E-state index contributed by atoms with van der Waals surface area (Å²) in [5.41, 5.74) is 1.42. The van der Waals surface area contributed by atoms with Crippen molar-refractivity contribution in [2.75, 3.05) is 6.54 Å². The van der Waals surface area contributed by atoms with Gasteiger partial charge in [0.25, 0.3) is 5.91 Å². The van der Waals surface area contributed by atoms with Crippen LogP contribution in [0.3, 0.4) is 0 Å². The van der Waals surface area contributed by atoms with Crippen LogP contribution in [0.25, 0.3) is 0 Å². The van der Waals surface area contributed by atoms with Gasteiger partial charge >= 0.3 is 0 Å². The average molecular weight is 350 g/mol. The highest BCUT2D eigenvalue weighted by Crippen LogP contribution is 2.38. The fourth-order valence-electron chi connectivity index (χ4n) is 3.73. The van der Waals surface area contributed by atoms with Gasteiger partial charge in [-0.3, -0.25) is 9.59 Å². The van der Waals surface area contributed by atoms with Crippen LogP contribution < -0.4 is 0 Å². The first kappa shape index (κ1) is 18.2. The van der Waals surface area contributed by atoms with E-state index in [1.165, 1.54) is 0 Å². The summed E-state index contributed by atoms with van der Waals surface area (Å²) in [5, 5.41) is 0. The molecule has 0 spiro atoms. The fraction of sp³-hybridized carbons (Fsp3) is 0.364. The topological polar surface area (TPSA) is 40.6 Å². The summed E-state index contributed by atoms with van der Waals surface area (Å²) in [6.45, 7) is 8.38. The van der Waals surface area contributed by atoms with E-state index in [1.807, 2.05) is 60.4 Å². The van der Waals surface area contributed by atoms with E-state index in [-0.39, 0.29) is 36.0 Å². The molecule has 4 nitrogen and oxygen atoms in total. The van der Waals surface area contributed by atoms with Crippen LogP contribution in [0, 0.1) is 5.41 Å². The summed E-state index contributed by atoms with van der Waals surface area (Å²) in [7, 11) is 0. The van der Waals surface area contributed by atoms with Crippen molar-refractivity contribution < 1.29 is 9.59 Å². The number of hydrogen-bond donors (Lipinski definition) is 0. The summed E-state index contributed by atoms with van der Waals surface area (Å²) >= 11 is 0. The first-order valence-electron chi connectivity index (χ1n) is 9.03. The smallest absolute Gasteiger partial charge is 0.255 e. The molecule has 0 radical (unpaired) electrons. The van der Waals surface area contributed by atoms with Gasteiger partial charge in [-0.1, -0.05) is 69.3 Å². The number of rotatable bonds is 3. The number of nitrogens with zero attached hydrogens (tertiary/aromatic N) is 2. The van der Waals surface area contributed by atoms with Crippen molar-refractivity contribution in [3.8, 4) is 0 Å². The lowest BCUT2D eigenvalue weighted by Gasteiger charge is -2.42. The van der Waals surface area contributed by atoms with Crippen LogP contribution >= 0.6 is 0 Å². The monoisotopic (exact) mass is 350 g/mol. The molecule has 2 amide bonds. The summed E-state index contributed by atoms with van der Waals surface area (Å²) in [6.07, 6.45) is -0.294. The Balaban J connectivity index is 1.98. The van der Waals surface area contributed by atoms with E-state index in [9.17, 15) is 9.59 Å². The molecular formula is C22H26N2O2. The van der Waals surface area contributed by atoms with Gasteiger partial charge in [-0.2, -0.15) is 0 Å². The predicted octanol–water partition coefficient (Wildman–Crippen LogP) is 4.10. The van der Waals surface area contributed by atoms with Crippen LogP contribution in [-0.4, -0.2) is 34.3 Å². The van der Waals surface area contributed by atoms with Gasteiger partial charge in [0, 0.05) is 11.0 Å². The Morgan fingerprint density at radius 2 is 1.54 bits per heavy atom. The molecule has 136 valence electrons. The standard InChI is InChI=1S/C22H26N2O2/c1-16(17-11-7-5-8-12-17)24-19(25)15-23(21(24)22(2,3)4)20(26)18-13-9-6-10-14-18/h5-14,16,21H,15H2,1-4H3/t16-,21-/m1/s1. The second kappa shape index (κ2) is 6.94. The zero-order valence-electron chi connectivity index (χ0n) is 15.8. The Hall–Kier alpha value is -2.62. The van der Waals surface area contributed by atoms with Gasteiger partial charge < -0.3 is 9.80 Å². The Morgan fingerprint density at radius 1 is 1.00 bits per heavy atom. The molecular weight excluding hydrogens is 324 g/mol. The molecule has 4 heteroatoms. The van der Waals surface area contributed by atoms with Crippen molar-refractivity contribution in [3.63, 3.8) is 0 Å². The summed E-state index contributed by atoms with van der Waals surface area (Å²) in [6, 6.07) is 19.1. The molecule has 1 fully saturated rings. The lowest BCUT2D eigenvalue weighted by molar-refractivity contribution is -0.132. The minimum atomic E-state index is -0.294. The SMILES string of the molecule is C[C@H](c1ccccc1)N1C(=O)CN(C(=O)c2ccccc2)[C@H]1C(C)(C)C. The van der Waals surface area contributed by atoms with E-state index >= 15 is 0 Å². The van der Waals surface area contributed by atoms with Crippen molar-refractivity contribution in [2.45, 2.75) is 39.9 Å². The second-order valence-corrected chi connectivity index (χ2v) is 7.93. The summed E-state index contributed by atoms with van der Waals surface area (Å²) in [5.74, 6) is -0.104. The third-order valence-corrected chi connectivity index (χ3v) is 4.91. The number of benzene rings is 2. The zero-order chi connectivity index (χ0) is 18.9.